The Balaban J connectivity index is 1.68. The second-order valence-electron chi connectivity index (χ2n) is 7.56. The van der Waals surface area contributed by atoms with Crippen LogP contribution in [0.1, 0.15) is 33.1 Å². The lowest BCUT2D eigenvalue weighted by Crippen LogP contribution is -2.14. The van der Waals surface area contributed by atoms with Gasteiger partial charge in [0.1, 0.15) is 0 Å². The molecule has 3 rings (SSSR count). The molecule has 2 aromatic carbocycles. The Bertz CT molecular complexity index is 972. The van der Waals surface area contributed by atoms with E-state index >= 15 is 0 Å². The van der Waals surface area contributed by atoms with Crippen molar-refractivity contribution in [2.45, 2.75) is 33.1 Å². The van der Waals surface area contributed by atoms with Crippen LogP contribution in [0.25, 0.3) is 22.4 Å². The van der Waals surface area contributed by atoms with Crippen LogP contribution in [-0.4, -0.2) is 24.2 Å². The van der Waals surface area contributed by atoms with Crippen LogP contribution >= 0.6 is 0 Å². The number of benzene rings is 2. The van der Waals surface area contributed by atoms with Crippen LogP contribution in [-0.2, 0) is 9.53 Å². The molecule has 1 aromatic heterocycles. The average molecular weight is 419 g/mol. The number of carbonyl (C=O) groups excluding carboxylic acids is 1. The minimum absolute atomic E-state index is 0.0865. The molecule has 5 heteroatoms. The molecule has 31 heavy (non-hydrogen) atoms. The molecule has 0 fully saturated rings. The fraction of sp³-hybridized carbons (Fsp3) is 0.308. The van der Waals surface area contributed by atoms with Gasteiger partial charge in [-0.05, 0) is 55.5 Å². The quantitative estimate of drug-likeness (QED) is 0.258. The summed E-state index contributed by atoms with van der Waals surface area (Å²) in [5.41, 5.74) is 10.6. The van der Waals surface area contributed by atoms with Crippen LogP contribution in [0, 0.1) is 5.92 Å². The first-order valence-electron chi connectivity index (χ1n) is 10.8. The number of aromatic nitrogens is 1. The number of pyridine rings is 1. The van der Waals surface area contributed by atoms with Crippen molar-refractivity contribution in [1.82, 2.24) is 4.98 Å². The first-order chi connectivity index (χ1) is 15.1. The Morgan fingerprint density at radius 2 is 1.71 bits per heavy atom. The summed E-state index contributed by atoms with van der Waals surface area (Å²) >= 11 is 0. The molecule has 1 heterocycles. The third-order valence-electron chi connectivity index (χ3n) is 5.09. The molecule has 1 atom stereocenters. The van der Waals surface area contributed by atoms with Crippen molar-refractivity contribution in [2.24, 2.45) is 5.92 Å². The standard InChI is InChI=1S/C26H30N2O3/c1-3-30-26(29)19(2)9-7-8-16-31-25-18-22(20-12-14-23(27)15-13-20)17-24(28-25)21-10-5-4-6-11-21/h4-6,10-15,17-19H,3,7-9,16,27H2,1-2H3. The molecule has 0 aliphatic heterocycles. The number of hydrogen-bond donors (Lipinski definition) is 1. The van der Waals surface area contributed by atoms with Crippen molar-refractivity contribution in [1.29, 1.82) is 0 Å². The third kappa shape index (κ3) is 6.57. The van der Waals surface area contributed by atoms with Crippen molar-refractivity contribution >= 4 is 11.7 Å². The van der Waals surface area contributed by atoms with Gasteiger partial charge in [0.15, 0.2) is 0 Å². The summed E-state index contributed by atoms with van der Waals surface area (Å²) in [5, 5.41) is 0. The molecule has 0 bridgehead atoms. The fourth-order valence-corrected chi connectivity index (χ4v) is 3.31. The summed E-state index contributed by atoms with van der Waals surface area (Å²) in [6.07, 6.45) is 2.53. The Hall–Kier alpha value is -3.34. The summed E-state index contributed by atoms with van der Waals surface area (Å²) in [4.78, 5) is 16.4. The molecular formula is C26H30N2O3. The van der Waals surface area contributed by atoms with Gasteiger partial charge >= 0.3 is 5.97 Å². The lowest BCUT2D eigenvalue weighted by Gasteiger charge is -2.12. The predicted molar refractivity (Wildman–Crippen MR) is 125 cm³/mol. The highest BCUT2D eigenvalue weighted by Crippen LogP contribution is 2.29. The topological polar surface area (TPSA) is 74.4 Å². The predicted octanol–water partition coefficient (Wildman–Crippen LogP) is 5.75. The normalized spacial score (nSPS) is 11.7. The molecule has 1 unspecified atom stereocenters. The Morgan fingerprint density at radius 1 is 0.968 bits per heavy atom. The average Bonchev–Trinajstić information content (AvgIpc) is 2.79. The highest BCUT2D eigenvalue weighted by Gasteiger charge is 2.13. The van der Waals surface area contributed by atoms with Crippen molar-refractivity contribution in [3.8, 4) is 28.3 Å². The molecule has 2 N–H and O–H groups in total. The van der Waals surface area contributed by atoms with Crippen LogP contribution in [0.5, 0.6) is 5.88 Å². The van der Waals surface area contributed by atoms with Crippen LogP contribution in [0.2, 0.25) is 0 Å². The van der Waals surface area contributed by atoms with E-state index in [-0.39, 0.29) is 11.9 Å². The zero-order valence-electron chi connectivity index (χ0n) is 18.2. The van der Waals surface area contributed by atoms with Crippen LogP contribution in [0.15, 0.2) is 66.7 Å². The van der Waals surface area contributed by atoms with Gasteiger partial charge in [0, 0.05) is 17.3 Å². The number of esters is 1. The van der Waals surface area contributed by atoms with Gasteiger partial charge in [-0.3, -0.25) is 4.79 Å². The Kier molecular flexibility index (Phi) is 8.05. The van der Waals surface area contributed by atoms with Gasteiger partial charge in [0.25, 0.3) is 0 Å². The number of ether oxygens (including phenoxy) is 2. The lowest BCUT2D eigenvalue weighted by molar-refractivity contribution is -0.147. The maximum Gasteiger partial charge on any atom is 0.308 e. The van der Waals surface area contributed by atoms with E-state index in [0.29, 0.717) is 19.1 Å². The highest BCUT2D eigenvalue weighted by molar-refractivity contribution is 5.73. The summed E-state index contributed by atoms with van der Waals surface area (Å²) < 4.78 is 11.1. The van der Waals surface area contributed by atoms with E-state index in [9.17, 15) is 4.79 Å². The van der Waals surface area contributed by atoms with Gasteiger partial charge in [-0.25, -0.2) is 4.98 Å². The van der Waals surface area contributed by atoms with E-state index < -0.39 is 0 Å². The number of nitrogen functional groups attached to an aromatic ring is 1. The highest BCUT2D eigenvalue weighted by atomic mass is 16.5. The van der Waals surface area contributed by atoms with Gasteiger partial charge in [-0.1, -0.05) is 49.4 Å². The van der Waals surface area contributed by atoms with Gasteiger partial charge in [-0.15, -0.1) is 0 Å². The van der Waals surface area contributed by atoms with Crippen LogP contribution < -0.4 is 10.5 Å². The monoisotopic (exact) mass is 418 g/mol. The fourth-order valence-electron chi connectivity index (χ4n) is 3.31. The maximum absolute atomic E-state index is 11.7. The number of unbranched alkanes of at least 4 members (excludes halogenated alkanes) is 1. The number of nitrogens with zero attached hydrogens (tertiary/aromatic N) is 1. The zero-order valence-corrected chi connectivity index (χ0v) is 18.2. The summed E-state index contributed by atoms with van der Waals surface area (Å²) in [7, 11) is 0. The number of hydrogen-bond acceptors (Lipinski definition) is 5. The minimum atomic E-state index is -0.131. The molecule has 0 aliphatic rings. The summed E-state index contributed by atoms with van der Waals surface area (Å²) in [5.74, 6) is 0.372. The van der Waals surface area contributed by atoms with Gasteiger partial charge in [-0.2, -0.15) is 0 Å². The smallest absolute Gasteiger partial charge is 0.308 e. The molecule has 5 nitrogen and oxygen atoms in total. The second kappa shape index (κ2) is 11.2. The van der Waals surface area contributed by atoms with Crippen molar-refractivity contribution in [3.63, 3.8) is 0 Å². The molecule has 0 radical (unpaired) electrons. The van der Waals surface area contributed by atoms with E-state index in [4.69, 9.17) is 20.2 Å². The van der Waals surface area contributed by atoms with E-state index in [1.54, 1.807) is 0 Å². The SMILES string of the molecule is CCOC(=O)C(C)CCCCOc1cc(-c2ccc(N)cc2)cc(-c2ccccc2)n1. The maximum atomic E-state index is 11.7. The molecule has 0 saturated carbocycles. The van der Waals surface area contributed by atoms with E-state index in [0.717, 1.165) is 47.3 Å². The molecule has 0 amide bonds. The molecule has 0 aliphatic carbocycles. The lowest BCUT2D eigenvalue weighted by atomic mass is 10.0. The Morgan fingerprint density at radius 3 is 2.42 bits per heavy atom. The molecular weight excluding hydrogens is 388 g/mol. The van der Waals surface area contributed by atoms with Crippen LogP contribution in [0.3, 0.4) is 0 Å². The van der Waals surface area contributed by atoms with Gasteiger partial charge < -0.3 is 15.2 Å². The third-order valence-corrected chi connectivity index (χ3v) is 5.09. The number of rotatable bonds is 10. The Labute approximate surface area is 184 Å². The van der Waals surface area contributed by atoms with E-state index in [1.165, 1.54) is 0 Å². The van der Waals surface area contributed by atoms with Gasteiger partial charge in [0.2, 0.25) is 5.88 Å². The molecule has 3 aromatic rings. The number of carbonyl (C=O) groups is 1. The van der Waals surface area contributed by atoms with Crippen molar-refractivity contribution < 1.29 is 14.3 Å². The van der Waals surface area contributed by atoms with Crippen LogP contribution in [0.4, 0.5) is 5.69 Å². The first kappa shape index (κ1) is 22.3. The first-order valence-corrected chi connectivity index (χ1v) is 10.8. The summed E-state index contributed by atoms with van der Waals surface area (Å²) in [6.45, 7) is 4.70. The molecule has 0 saturated heterocycles. The number of anilines is 1. The minimum Gasteiger partial charge on any atom is -0.478 e. The van der Waals surface area contributed by atoms with Gasteiger partial charge in [0.05, 0.1) is 24.8 Å². The van der Waals surface area contributed by atoms with E-state index in [2.05, 4.69) is 6.07 Å². The largest absolute Gasteiger partial charge is 0.478 e. The van der Waals surface area contributed by atoms with Crippen molar-refractivity contribution in [2.75, 3.05) is 18.9 Å². The summed E-state index contributed by atoms with van der Waals surface area (Å²) in [6, 6.07) is 21.9. The number of nitrogens with two attached hydrogens (primary N) is 1. The zero-order chi connectivity index (χ0) is 22.1. The second-order valence-corrected chi connectivity index (χ2v) is 7.56. The van der Waals surface area contributed by atoms with Crippen molar-refractivity contribution in [3.05, 3.63) is 66.7 Å². The van der Waals surface area contributed by atoms with E-state index in [1.807, 2.05) is 74.5 Å². The molecule has 162 valence electrons. The molecule has 0 spiro atoms.